The van der Waals surface area contributed by atoms with Crippen molar-refractivity contribution < 1.29 is 0 Å². The zero-order valence-corrected chi connectivity index (χ0v) is 11.0. The highest BCUT2D eigenvalue weighted by Crippen LogP contribution is 2.17. The molecule has 0 fully saturated rings. The van der Waals surface area contributed by atoms with Crippen molar-refractivity contribution in [2.24, 2.45) is 0 Å². The van der Waals surface area contributed by atoms with Crippen molar-refractivity contribution in [1.82, 2.24) is 14.1 Å². The Bertz CT molecular complexity index is 690. The molecule has 1 aromatic carbocycles. The van der Waals surface area contributed by atoms with E-state index in [1.807, 2.05) is 18.7 Å². The van der Waals surface area contributed by atoms with Gasteiger partial charge in [-0.05, 0) is 30.0 Å². The molecule has 0 saturated carbocycles. The number of imidazole rings is 1. The zero-order chi connectivity index (χ0) is 13.1. The summed E-state index contributed by atoms with van der Waals surface area (Å²) in [5.74, 6) is 0. The van der Waals surface area contributed by atoms with Crippen LogP contribution in [0.3, 0.4) is 0 Å². The largest absolute Gasteiger partial charge is 0.343 e. The summed E-state index contributed by atoms with van der Waals surface area (Å²) in [5, 5.41) is 1.29. The van der Waals surface area contributed by atoms with Crippen molar-refractivity contribution in [1.29, 1.82) is 0 Å². The lowest BCUT2D eigenvalue weighted by Crippen LogP contribution is -2.06. The lowest BCUT2D eigenvalue weighted by molar-refractivity contribution is 0.699. The van der Waals surface area contributed by atoms with Gasteiger partial charge in [0.25, 0.3) is 0 Å². The molecule has 0 unspecified atom stereocenters. The minimum Gasteiger partial charge on any atom is -0.343 e. The number of para-hydroxylation sites is 1. The van der Waals surface area contributed by atoms with Gasteiger partial charge in [-0.2, -0.15) is 0 Å². The molecule has 2 heterocycles. The van der Waals surface area contributed by atoms with E-state index in [9.17, 15) is 0 Å². The molecule has 19 heavy (non-hydrogen) atoms. The maximum absolute atomic E-state index is 4.09. The van der Waals surface area contributed by atoms with E-state index in [4.69, 9.17) is 0 Å². The van der Waals surface area contributed by atoms with Crippen LogP contribution in [0, 0.1) is 0 Å². The van der Waals surface area contributed by atoms with Crippen LogP contribution < -0.4 is 0 Å². The molecule has 0 N–H and O–H groups in total. The fraction of sp³-hybridized carbons (Fsp3) is 0.188. The summed E-state index contributed by atoms with van der Waals surface area (Å²) in [4.78, 5) is 4.09. The Kier molecular flexibility index (Phi) is 3.19. The Morgan fingerprint density at radius 2 is 2.05 bits per heavy atom. The van der Waals surface area contributed by atoms with Gasteiger partial charge in [0, 0.05) is 37.2 Å². The number of allylic oxidation sites excluding steroid dienone is 2. The first kappa shape index (κ1) is 11.8. The molecule has 0 aliphatic heterocycles. The Labute approximate surface area is 112 Å². The first-order valence-corrected chi connectivity index (χ1v) is 6.50. The number of aromatic nitrogens is 3. The Morgan fingerprint density at radius 1 is 1.16 bits per heavy atom. The van der Waals surface area contributed by atoms with Crippen molar-refractivity contribution in [2.75, 3.05) is 0 Å². The summed E-state index contributed by atoms with van der Waals surface area (Å²) >= 11 is 0. The highest BCUT2D eigenvalue weighted by Gasteiger charge is 2.03. The van der Waals surface area contributed by atoms with E-state index in [1.165, 1.54) is 16.5 Å². The van der Waals surface area contributed by atoms with Gasteiger partial charge in [0.2, 0.25) is 0 Å². The summed E-state index contributed by atoms with van der Waals surface area (Å²) < 4.78 is 4.39. The fourth-order valence-electron chi connectivity index (χ4n) is 2.34. The standard InChI is InChI=1S/C16H17N3/c1-2-14(11-18-10-8-17-13-18)12-19-9-7-15-5-3-4-6-16(15)19/h2-10,13H,11-12H2,1H3/b14-2-. The number of fused-ring (bicyclic) bond motifs is 1. The average molecular weight is 251 g/mol. The number of nitrogens with zero attached hydrogens (tertiary/aromatic N) is 3. The smallest absolute Gasteiger partial charge is 0.0948 e. The second-order valence-corrected chi connectivity index (χ2v) is 4.68. The molecule has 0 spiro atoms. The number of benzene rings is 1. The van der Waals surface area contributed by atoms with Crippen molar-refractivity contribution in [2.45, 2.75) is 20.0 Å². The lowest BCUT2D eigenvalue weighted by Gasteiger charge is -2.10. The van der Waals surface area contributed by atoms with Crippen molar-refractivity contribution in [3.05, 3.63) is 66.9 Å². The normalized spacial score (nSPS) is 12.2. The van der Waals surface area contributed by atoms with Crippen LogP contribution in [0.2, 0.25) is 0 Å². The lowest BCUT2D eigenvalue weighted by atomic mass is 10.2. The van der Waals surface area contributed by atoms with Gasteiger partial charge >= 0.3 is 0 Å². The average Bonchev–Trinajstić information content (AvgIpc) is 3.08. The minimum absolute atomic E-state index is 0.892. The quantitative estimate of drug-likeness (QED) is 0.651. The van der Waals surface area contributed by atoms with E-state index in [0.29, 0.717) is 0 Å². The molecule has 0 aliphatic carbocycles. The van der Waals surface area contributed by atoms with Crippen LogP contribution in [0.25, 0.3) is 10.9 Å². The third-order valence-electron chi connectivity index (χ3n) is 3.41. The summed E-state index contributed by atoms with van der Waals surface area (Å²) in [6, 6.07) is 10.6. The van der Waals surface area contributed by atoms with Crippen molar-refractivity contribution in [3.8, 4) is 0 Å². The van der Waals surface area contributed by atoms with Gasteiger partial charge in [-0.1, -0.05) is 24.3 Å². The van der Waals surface area contributed by atoms with E-state index in [-0.39, 0.29) is 0 Å². The molecule has 3 heteroatoms. The van der Waals surface area contributed by atoms with Gasteiger partial charge in [-0.25, -0.2) is 4.98 Å². The third kappa shape index (κ3) is 2.45. The molecule has 3 aromatic rings. The van der Waals surface area contributed by atoms with Crippen LogP contribution in [0.1, 0.15) is 6.92 Å². The van der Waals surface area contributed by atoms with Crippen LogP contribution in [-0.2, 0) is 13.1 Å². The second-order valence-electron chi connectivity index (χ2n) is 4.68. The highest BCUT2D eigenvalue weighted by atomic mass is 15.0. The van der Waals surface area contributed by atoms with Gasteiger partial charge in [0.1, 0.15) is 0 Å². The van der Waals surface area contributed by atoms with Crippen LogP contribution >= 0.6 is 0 Å². The van der Waals surface area contributed by atoms with E-state index < -0.39 is 0 Å². The van der Waals surface area contributed by atoms with Gasteiger partial charge in [0.05, 0.1) is 6.33 Å². The van der Waals surface area contributed by atoms with Crippen molar-refractivity contribution in [3.63, 3.8) is 0 Å². The molecule has 0 aliphatic rings. The molecule has 0 radical (unpaired) electrons. The predicted octanol–water partition coefficient (Wildman–Crippen LogP) is 3.48. The molecular weight excluding hydrogens is 234 g/mol. The minimum atomic E-state index is 0.892. The molecule has 0 atom stereocenters. The number of hydrogen-bond acceptors (Lipinski definition) is 1. The molecule has 3 rings (SSSR count). The van der Waals surface area contributed by atoms with Crippen molar-refractivity contribution >= 4 is 10.9 Å². The first-order valence-electron chi connectivity index (χ1n) is 6.50. The maximum atomic E-state index is 4.09. The van der Waals surface area contributed by atoms with Crippen LogP contribution in [0.5, 0.6) is 0 Å². The van der Waals surface area contributed by atoms with E-state index in [2.05, 4.69) is 63.6 Å². The summed E-state index contributed by atoms with van der Waals surface area (Å²) in [5.41, 5.74) is 2.66. The molecular formula is C16H17N3. The monoisotopic (exact) mass is 251 g/mol. The van der Waals surface area contributed by atoms with Gasteiger partial charge in [-0.15, -0.1) is 0 Å². The van der Waals surface area contributed by atoms with Crippen LogP contribution in [0.15, 0.2) is 66.9 Å². The molecule has 2 aromatic heterocycles. The molecule has 0 saturated heterocycles. The SMILES string of the molecule is C/C=C(/Cn1ccnc1)Cn1ccc2ccccc21. The molecule has 3 nitrogen and oxygen atoms in total. The second kappa shape index (κ2) is 5.14. The van der Waals surface area contributed by atoms with Gasteiger partial charge in [0.15, 0.2) is 0 Å². The molecule has 0 amide bonds. The van der Waals surface area contributed by atoms with E-state index in [1.54, 1.807) is 0 Å². The Morgan fingerprint density at radius 3 is 2.84 bits per heavy atom. The Hall–Kier alpha value is -2.29. The third-order valence-corrected chi connectivity index (χ3v) is 3.41. The van der Waals surface area contributed by atoms with Gasteiger partial charge < -0.3 is 9.13 Å². The summed E-state index contributed by atoms with van der Waals surface area (Å²) in [6.45, 7) is 3.91. The van der Waals surface area contributed by atoms with E-state index in [0.717, 1.165) is 13.1 Å². The summed E-state index contributed by atoms with van der Waals surface area (Å²) in [6.07, 6.45) is 10.0. The topological polar surface area (TPSA) is 22.8 Å². The first-order chi connectivity index (χ1) is 9.36. The maximum Gasteiger partial charge on any atom is 0.0948 e. The number of rotatable bonds is 4. The highest BCUT2D eigenvalue weighted by molar-refractivity contribution is 5.79. The van der Waals surface area contributed by atoms with E-state index >= 15 is 0 Å². The Balaban J connectivity index is 1.83. The molecule has 96 valence electrons. The summed E-state index contributed by atoms with van der Waals surface area (Å²) in [7, 11) is 0. The van der Waals surface area contributed by atoms with Gasteiger partial charge in [-0.3, -0.25) is 0 Å². The van der Waals surface area contributed by atoms with Crippen LogP contribution in [-0.4, -0.2) is 14.1 Å². The predicted molar refractivity (Wildman–Crippen MR) is 77.9 cm³/mol. The molecule has 0 bridgehead atoms. The fourth-order valence-corrected chi connectivity index (χ4v) is 2.34. The number of hydrogen-bond donors (Lipinski definition) is 0. The van der Waals surface area contributed by atoms with Crippen LogP contribution in [0.4, 0.5) is 0 Å². The zero-order valence-electron chi connectivity index (χ0n) is 11.0.